The molecule has 1 aromatic rings. The van der Waals surface area contributed by atoms with Crippen molar-refractivity contribution in [3.8, 4) is 0 Å². The summed E-state index contributed by atoms with van der Waals surface area (Å²) in [5.41, 5.74) is 2.82. The molecule has 2 heterocycles. The first-order valence-corrected chi connectivity index (χ1v) is 8.25. The minimum atomic E-state index is 0.908. The lowest BCUT2D eigenvalue weighted by atomic mass is 9.84. The second kappa shape index (κ2) is 5.84. The van der Waals surface area contributed by atoms with Crippen molar-refractivity contribution in [3.63, 3.8) is 0 Å². The van der Waals surface area contributed by atoms with Crippen LogP contribution in [0.5, 0.6) is 0 Å². The summed E-state index contributed by atoms with van der Waals surface area (Å²) < 4.78 is 1.18. The highest BCUT2D eigenvalue weighted by Gasteiger charge is 2.30. The molecule has 0 spiro atoms. The first kappa shape index (κ1) is 13.4. The van der Waals surface area contributed by atoms with E-state index < -0.39 is 0 Å². The van der Waals surface area contributed by atoms with Gasteiger partial charge in [0.15, 0.2) is 0 Å². The molecule has 2 nitrogen and oxygen atoms in total. The van der Waals surface area contributed by atoms with E-state index in [-0.39, 0.29) is 0 Å². The number of anilines is 1. The first-order valence-electron chi connectivity index (χ1n) is 7.46. The summed E-state index contributed by atoms with van der Waals surface area (Å²) in [4.78, 5) is 2.59. The predicted octanol–water partition coefficient (Wildman–Crippen LogP) is 3.58. The molecule has 1 aromatic carbocycles. The Kier molecular flexibility index (Phi) is 4.13. The molecule has 2 fully saturated rings. The maximum absolute atomic E-state index is 3.55. The molecule has 0 bridgehead atoms. The molecule has 0 amide bonds. The van der Waals surface area contributed by atoms with E-state index in [1.165, 1.54) is 61.2 Å². The van der Waals surface area contributed by atoms with Crippen molar-refractivity contribution < 1.29 is 0 Å². The molecule has 2 aliphatic rings. The third-order valence-electron chi connectivity index (χ3n) is 4.77. The number of nitrogens with zero attached hydrogens (tertiary/aromatic N) is 1. The van der Waals surface area contributed by atoms with E-state index in [9.17, 15) is 0 Å². The number of benzene rings is 1. The van der Waals surface area contributed by atoms with E-state index >= 15 is 0 Å². The zero-order valence-corrected chi connectivity index (χ0v) is 13.2. The van der Waals surface area contributed by atoms with E-state index in [0.717, 1.165) is 11.8 Å². The lowest BCUT2D eigenvalue weighted by Crippen LogP contribution is -2.33. The second-order valence-electron chi connectivity index (χ2n) is 6.01. The highest BCUT2D eigenvalue weighted by atomic mass is 79.9. The predicted molar refractivity (Wildman–Crippen MR) is 84.8 cm³/mol. The molecule has 3 rings (SSSR count). The molecule has 2 saturated heterocycles. The van der Waals surface area contributed by atoms with E-state index in [1.54, 1.807) is 0 Å². The number of piperidine rings is 1. The van der Waals surface area contributed by atoms with Crippen molar-refractivity contribution in [2.24, 2.45) is 11.8 Å². The van der Waals surface area contributed by atoms with E-state index in [2.05, 4.69) is 51.3 Å². The van der Waals surface area contributed by atoms with Gasteiger partial charge in [0.1, 0.15) is 0 Å². The van der Waals surface area contributed by atoms with Crippen LogP contribution in [0.3, 0.4) is 0 Å². The molecular formula is C16H23BrN2. The Morgan fingerprint density at radius 3 is 2.68 bits per heavy atom. The normalized spacial score (nSPS) is 24.9. The van der Waals surface area contributed by atoms with Gasteiger partial charge in [-0.05, 0) is 74.9 Å². The van der Waals surface area contributed by atoms with Crippen LogP contribution in [0.2, 0.25) is 0 Å². The van der Waals surface area contributed by atoms with Gasteiger partial charge in [-0.3, -0.25) is 0 Å². The average Bonchev–Trinajstić information content (AvgIpc) is 2.89. The molecule has 104 valence electrons. The molecular weight excluding hydrogens is 300 g/mol. The number of nitrogens with one attached hydrogen (secondary N) is 1. The van der Waals surface area contributed by atoms with Crippen molar-refractivity contribution in [2.75, 3.05) is 31.1 Å². The summed E-state index contributed by atoms with van der Waals surface area (Å²) in [5, 5.41) is 3.48. The van der Waals surface area contributed by atoms with Gasteiger partial charge in [0.05, 0.1) is 0 Å². The molecule has 1 unspecified atom stereocenters. The van der Waals surface area contributed by atoms with Gasteiger partial charge in [-0.15, -0.1) is 0 Å². The molecule has 1 N–H and O–H groups in total. The van der Waals surface area contributed by atoms with Crippen LogP contribution in [0.4, 0.5) is 5.69 Å². The zero-order chi connectivity index (χ0) is 13.2. The van der Waals surface area contributed by atoms with Crippen LogP contribution in [0, 0.1) is 18.8 Å². The maximum Gasteiger partial charge on any atom is 0.0396 e. The van der Waals surface area contributed by atoms with Crippen LogP contribution >= 0.6 is 15.9 Å². The van der Waals surface area contributed by atoms with Crippen LogP contribution in [0.1, 0.15) is 24.8 Å². The highest BCUT2D eigenvalue weighted by Crippen LogP contribution is 2.34. The lowest BCUT2D eigenvalue weighted by Gasteiger charge is -2.28. The summed E-state index contributed by atoms with van der Waals surface area (Å²) in [7, 11) is 0. The van der Waals surface area contributed by atoms with Crippen LogP contribution < -0.4 is 10.2 Å². The van der Waals surface area contributed by atoms with Gasteiger partial charge in [-0.1, -0.05) is 15.9 Å². The minimum absolute atomic E-state index is 0.908. The topological polar surface area (TPSA) is 15.3 Å². The van der Waals surface area contributed by atoms with Gasteiger partial charge in [-0.2, -0.15) is 0 Å². The van der Waals surface area contributed by atoms with E-state index in [1.807, 2.05) is 0 Å². The number of hydrogen-bond acceptors (Lipinski definition) is 2. The quantitative estimate of drug-likeness (QED) is 0.895. The Bertz CT molecular complexity index is 440. The van der Waals surface area contributed by atoms with Crippen molar-refractivity contribution >= 4 is 21.6 Å². The third kappa shape index (κ3) is 2.97. The number of hydrogen-bond donors (Lipinski definition) is 1. The SMILES string of the molecule is Cc1cc(Br)ccc1N1CCC(C2CCNCC2)C1. The van der Waals surface area contributed by atoms with Crippen molar-refractivity contribution in [2.45, 2.75) is 26.2 Å². The fourth-order valence-electron chi connectivity index (χ4n) is 3.68. The third-order valence-corrected chi connectivity index (χ3v) is 5.27. The summed E-state index contributed by atoms with van der Waals surface area (Å²) in [5.74, 6) is 1.85. The highest BCUT2D eigenvalue weighted by molar-refractivity contribution is 9.10. The smallest absolute Gasteiger partial charge is 0.0396 e. The van der Waals surface area contributed by atoms with Crippen molar-refractivity contribution in [3.05, 3.63) is 28.2 Å². The maximum atomic E-state index is 3.55. The van der Waals surface area contributed by atoms with Crippen molar-refractivity contribution in [1.29, 1.82) is 0 Å². The molecule has 0 radical (unpaired) electrons. The number of aryl methyl sites for hydroxylation is 1. The molecule has 0 aliphatic carbocycles. The van der Waals surface area contributed by atoms with Crippen molar-refractivity contribution in [1.82, 2.24) is 5.32 Å². The van der Waals surface area contributed by atoms with E-state index in [0.29, 0.717) is 0 Å². The zero-order valence-electron chi connectivity index (χ0n) is 11.7. The molecule has 0 saturated carbocycles. The summed E-state index contributed by atoms with van der Waals surface area (Å²) >= 11 is 3.55. The molecule has 2 aliphatic heterocycles. The monoisotopic (exact) mass is 322 g/mol. The lowest BCUT2D eigenvalue weighted by molar-refractivity contribution is 0.276. The Hall–Kier alpha value is -0.540. The van der Waals surface area contributed by atoms with Gasteiger partial charge in [-0.25, -0.2) is 0 Å². The Labute approximate surface area is 124 Å². The van der Waals surface area contributed by atoms with E-state index in [4.69, 9.17) is 0 Å². The second-order valence-corrected chi connectivity index (χ2v) is 6.93. The van der Waals surface area contributed by atoms with Crippen LogP contribution in [-0.2, 0) is 0 Å². The van der Waals surface area contributed by atoms with Gasteiger partial charge < -0.3 is 10.2 Å². The average molecular weight is 323 g/mol. The summed E-state index contributed by atoms with van der Waals surface area (Å²) in [6.45, 7) is 7.15. The Balaban J connectivity index is 1.67. The fraction of sp³-hybridized carbons (Fsp3) is 0.625. The molecule has 19 heavy (non-hydrogen) atoms. The molecule has 1 atom stereocenters. The van der Waals surface area contributed by atoms with Gasteiger partial charge in [0, 0.05) is 23.2 Å². The Morgan fingerprint density at radius 2 is 1.95 bits per heavy atom. The minimum Gasteiger partial charge on any atom is -0.371 e. The number of halogens is 1. The first-order chi connectivity index (χ1) is 9.24. The van der Waals surface area contributed by atoms with Crippen LogP contribution in [0.15, 0.2) is 22.7 Å². The fourth-order valence-corrected chi connectivity index (χ4v) is 4.16. The van der Waals surface area contributed by atoms with Gasteiger partial charge >= 0.3 is 0 Å². The number of rotatable bonds is 2. The standard InChI is InChI=1S/C16H23BrN2/c1-12-10-15(17)2-3-16(12)19-9-6-14(11-19)13-4-7-18-8-5-13/h2-3,10,13-14,18H,4-9,11H2,1H3. The summed E-state index contributed by atoms with van der Waals surface area (Å²) in [6.07, 6.45) is 4.12. The van der Waals surface area contributed by atoms with Crippen LogP contribution in [0.25, 0.3) is 0 Å². The summed E-state index contributed by atoms with van der Waals surface area (Å²) in [6, 6.07) is 6.66. The largest absolute Gasteiger partial charge is 0.371 e. The van der Waals surface area contributed by atoms with Gasteiger partial charge in [0.2, 0.25) is 0 Å². The van der Waals surface area contributed by atoms with Crippen LogP contribution in [-0.4, -0.2) is 26.2 Å². The van der Waals surface area contributed by atoms with Gasteiger partial charge in [0.25, 0.3) is 0 Å². The molecule has 3 heteroatoms. The molecule has 0 aromatic heterocycles. The Morgan fingerprint density at radius 1 is 1.16 bits per heavy atom.